The topological polar surface area (TPSA) is 97.3 Å². The van der Waals surface area contributed by atoms with Crippen LogP contribution >= 0.6 is 0 Å². The van der Waals surface area contributed by atoms with Gasteiger partial charge in [-0.25, -0.2) is 21.9 Å². The molecule has 0 saturated carbocycles. The van der Waals surface area contributed by atoms with Crippen LogP contribution in [-0.2, 0) is 16.6 Å². The Morgan fingerprint density at radius 1 is 1.19 bits per heavy atom. The Balaban J connectivity index is 1.81. The number of anilines is 1. The van der Waals surface area contributed by atoms with Gasteiger partial charge in [-0.2, -0.15) is 15.0 Å². The summed E-state index contributed by atoms with van der Waals surface area (Å²) in [5.41, 5.74) is 0. The second kappa shape index (κ2) is 7.46. The number of hydrogen-bond donors (Lipinski definition) is 1. The van der Waals surface area contributed by atoms with Crippen LogP contribution in [0.15, 0.2) is 23.1 Å². The van der Waals surface area contributed by atoms with Gasteiger partial charge in [0.1, 0.15) is 16.5 Å². The summed E-state index contributed by atoms with van der Waals surface area (Å²) in [6.07, 6.45) is 2.03. The molecule has 1 fully saturated rings. The Kier molecular flexibility index (Phi) is 5.28. The molecule has 140 valence electrons. The summed E-state index contributed by atoms with van der Waals surface area (Å²) in [7, 11) is -2.81. The van der Waals surface area contributed by atoms with E-state index in [1.165, 1.54) is 7.11 Å². The van der Waals surface area contributed by atoms with Gasteiger partial charge in [0.2, 0.25) is 16.0 Å². The smallest absolute Gasteiger partial charge is 0.321 e. The molecule has 0 bridgehead atoms. The van der Waals surface area contributed by atoms with Gasteiger partial charge in [0, 0.05) is 19.2 Å². The zero-order chi connectivity index (χ0) is 18.7. The summed E-state index contributed by atoms with van der Waals surface area (Å²) in [6, 6.07) is 2.29. The van der Waals surface area contributed by atoms with E-state index >= 15 is 0 Å². The number of methoxy groups -OCH3 is 1. The van der Waals surface area contributed by atoms with Crippen molar-refractivity contribution in [1.82, 2.24) is 19.7 Å². The summed E-state index contributed by atoms with van der Waals surface area (Å²) >= 11 is 0. The predicted molar refractivity (Wildman–Crippen MR) is 88.2 cm³/mol. The van der Waals surface area contributed by atoms with E-state index in [0.717, 1.165) is 38.1 Å². The van der Waals surface area contributed by atoms with Gasteiger partial charge in [0.05, 0.1) is 13.7 Å². The average Bonchev–Trinajstić information content (AvgIpc) is 3.14. The van der Waals surface area contributed by atoms with Crippen LogP contribution in [0.2, 0.25) is 0 Å². The third kappa shape index (κ3) is 4.05. The fourth-order valence-electron chi connectivity index (χ4n) is 2.55. The van der Waals surface area contributed by atoms with Crippen molar-refractivity contribution in [3.05, 3.63) is 35.7 Å². The molecule has 0 atom stereocenters. The minimum Gasteiger partial charge on any atom is -0.467 e. The van der Waals surface area contributed by atoms with E-state index in [-0.39, 0.29) is 18.4 Å². The molecule has 1 aliphatic heterocycles. The predicted octanol–water partition coefficient (Wildman–Crippen LogP) is 1.24. The first-order valence-electron chi connectivity index (χ1n) is 7.87. The molecule has 1 aliphatic rings. The zero-order valence-corrected chi connectivity index (χ0v) is 14.8. The molecule has 2 heterocycles. The minimum atomic E-state index is -4.20. The molecular formula is C15H17F2N5O3S. The molecule has 0 spiro atoms. The van der Waals surface area contributed by atoms with Crippen molar-refractivity contribution in [3.63, 3.8) is 0 Å². The number of nitrogens with one attached hydrogen (secondary N) is 1. The number of sulfonamides is 1. The van der Waals surface area contributed by atoms with Crippen molar-refractivity contribution in [2.75, 3.05) is 25.1 Å². The van der Waals surface area contributed by atoms with Crippen molar-refractivity contribution in [1.29, 1.82) is 0 Å². The molecule has 8 nitrogen and oxygen atoms in total. The minimum absolute atomic E-state index is 0.0593. The van der Waals surface area contributed by atoms with E-state index < -0.39 is 26.6 Å². The Labute approximate surface area is 149 Å². The standard InChI is InChI=1S/C15H17F2N5O3S/c1-25-15-20-13(19-14(21-15)22-6-2-3-7-22)9-18-26(23,24)12-5-4-10(16)8-11(12)17/h4-5,8,18H,2-3,6-7,9H2,1H3. The molecule has 0 radical (unpaired) electrons. The Bertz CT molecular complexity index is 904. The third-order valence-electron chi connectivity index (χ3n) is 3.82. The number of aromatic nitrogens is 3. The van der Waals surface area contributed by atoms with Crippen LogP contribution < -0.4 is 14.4 Å². The van der Waals surface area contributed by atoms with E-state index in [0.29, 0.717) is 12.0 Å². The van der Waals surface area contributed by atoms with Crippen LogP contribution in [0.1, 0.15) is 18.7 Å². The van der Waals surface area contributed by atoms with E-state index in [1.807, 2.05) is 4.90 Å². The van der Waals surface area contributed by atoms with Crippen LogP contribution in [0.5, 0.6) is 6.01 Å². The van der Waals surface area contributed by atoms with E-state index in [4.69, 9.17) is 4.74 Å². The number of nitrogens with zero attached hydrogens (tertiary/aromatic N) is 4. The Morgan fingerprint density at radius 2 is 1.92 bits per heavy atom. The van der Waals surface area contributed by atoms with Crippen molar-refractivity contribution in [2.24, 2.45) is 0 Å². The largest absolute Gasteiger partial charge is 0.467 e. The van der Waals surface area contributed by atoms with Crippen molar-refractivity contribution >= 4 is 16.0 Å². The SMILES string of the molecule is COc1nc(CNS(=O)(=O)c2ccc(F)cc2F)nc(N2CCCC2)n1. The normalized spacial score (nSPS) is 14.7. The van der Waals surface area contributed by atoms with Gasteiger partial charge in [0.15, 0.2) is 5.82 Å². The molecule has 26 heavy (non-hydrogen) atoms. The molecule has 1 saturated heterocycles. The van der Waals surface area contributed by atoms with Crippen LogP contribution in [0.25, 0.3) is 0 Å². The lowest BCUT2D eigenvalue weighted by atomic mass is 10.3. The van der Waals surface area contributed by atoms with E-state index in [9.17, 15) is 17.2 Å². The molecule has 1 aromatic heterocycles. The van der Waals surface area contributed by atoms with Gasteiger partial charge in [-0.15, -0.1) is 0 Å². The van der Waals surface area contributed by atoms with Crippen LogP contribution in [-0.4, -0.2) is 43.6 Å². The molecule has 0 aliphatic carbocycles. The molecule has 3 rings (SSSR count). The van der Waals surface area contributed by atoms with E-state index in [1.54, 1.807) is 0 Å². The third-order valence-corrected chi connectivity index (χ3v) is 5.26. The highest BCUT2D eigenvalue weighted by molar-refractivity contribution is 7.89. The van der Waals surface area contributed by atoms with Gasteiger partial charge >= 0.3 is 6.01 Å². The summed E-state index contributed by atoms with van der Waals surface area (Å²) in [4.78, 5) is 13.7. The number of ether oxygens (including phenoxy) is 1. The van der Waals surface area contributed by atoms with Crippen LogP contribution in [0, 0.1) is 11.6 Å². The fourth-order valence-corrected chi connectivity index (χ4v) is 3.58. The van der Waals surface area contributed by atoms with Gasteiger partial charge in [-0.3, -0.25) is 0 Å². The number of benzene rings is 1. The maximum atomic E-state index is 13.7. The Morgan fingerprint density at radius 3 is 2.58 bits per heavy atom. The summed E-state index contributed by atoms with van der Waals surface area (Å²) in [5, 5.41) is 0. The summed E-state index contributed by atoms with van der Waals surface area (Å²) < 4.78 is 58.4. The molecule has 1 N–H and O–H groups in total. The lowest BCUT2D eigenvalue weighted by molar-refractivity contribution is 0.375. The first-order valence-corrected chi connectivity index (χ1v) is 9.36. The molecule has 2 aromatic rings. The second-order valence-electron chi connectivity index (χ2n) is 5.63. The lowest BCUT2D eigenvalue weighted by Gasteiger charge is -2.16. The fraction of sp³-hybridized carbons (Fsp3) is 0.400. The highest BCUT2D eigenvalue weighted by Crippen LogP contribution is 2.19. The number of rotatable bonds is 6. The molecule has 0 amide bonds. The first kappa shape index (κ1) is 18.4. The molecule has 11 heteroatoms. The maximum absolute atomic E-state index is 13.7. The van der Waals surface area contributed by atoms with Crippen molar-refractivity contribution < 1.29 is 21.9 Å². The second-order valence-corrected chi connectivity index (χ2v) is 7.37. The van der Waals surface area contributed by atoms with Crippen LogP contribution in [0.3, 0.4) is 0 Å². The zero-order valence-electron chi connectivity index (χ0n) is 13.9. The van der Waals surface area contributed by atoms with Gasteiger partial charge < -0.3 is 9.64 Å². The van der Waals surface area contributed by atoms with Crippen LogP contribution in [0.4, 0.5) is 14.7 Å². The van der Waals surface area contributed by atoms with Gasteiger partial charge in [-0.05, 0) is 25.0 Å². The lowest BCUT2D eigenvalue weighted by Crippen LogP contribution is -2.27. The first-order chi connectivity index (χ1) is 12.4. The maximum Gasteiger partial charge on any atom is 0.321 e. The summed E-state index contributed by atoms with van der Waals surface area (Å²) in [6.45, 7) is 1.29. The average molecular weight is 385 g/mol. The monoisotopic (exact) mass is 385 g/mol. The number of halogens is 2. The van der Waals surface area contributed by atoms with Crippen molar-refractivity contribution in [3.8, 4) is 6.01 Å². The summed E-state index contributed by atoms with van der Waals surface area (Å²) in [5.74, 6) is -1.51. The van der Waals surface area contributed by atoms with E-state index in [2.05, 4.69) is 19.7 Å². The quantitative estimate of drug-likeness (QED) is 0.799. The van der Waals surface area contributed by atoms with Gasteiger partial charge in [-0.1, -0.05) is 0 Å². The van der Waals surface area contributed by atoms with Crippen molar-refractivity contribution in [2.45, 2.75) is 24.3 Å². The molecule has 0 unspecified atom stereocenters. The molecular weight excluding hydrogens is 368 g/mol. The Hall–Kier alpha value is -2.40. The number of hydrogen-bond acceptors (Lipinski definition) is 7. The molecule has 1 aromatic carbocycles. The highest BCUT2D eigenvalue weighted by Gasteiger charge is 2.21. The van der Waals surface area contributed by atoms with Gasteiger partial charge in [0.25, 0.3) is 0 Å². The highest BCUT2D eigenvalue weighted by atomic mass is 32.2.